The molecule has 0 amide bonds. The van der Waals surface area contributed by atoms with E-state index in [-0.39, 0.29) is 6.10 Å². The van der Waals surface area contributed by atoms with Gasteiger partial charge in [0.2, 0.25) is 0 Å². The molecular formula is C14H26O. The van der Waals surface area contributed by atoms with Crippen molar-refractivity contribution in [3.63, 3.8) is 0 Å². The lowest BCUT2D eigenvalue weighted by Crippen LogP contribution is -2.41. The van der Waals surface area contributed by atoms with E-state index in [1.54, 1.807) is 0 Å². The summed E-state index contributed by atoms with van der Waals surface area (Å²) in [6.07, 6.45) is 7.55. The first-order valence-electron chi connectivity index (χ1n) is 6.77. The highest BCUT2D eigenvalue weighted by atomic mass is 16.3. The van der Waals surface area contributed by atoms with Gasteiger partial charge in [0.25, 0.3) is 0 Å². The number of aliphatic hydroxyl groups excluding tert-OH is 1. The molecule has 0 heterocycles. The normalized spacial score (nSPS) is 47.6. The van der Waals surface area contributed by atoms with Crippen molar-refractivity contribution in [3.8, 4) is 0 Å². The van der Waals surface area contributed by atoms with E-state index in [0.29, 0.717) is 11.3 Å². The topological polar surface area (TPSA) is 20.2 Å². The van der Waals surface area contributed by atoms with Gasteiger partial charge in [-0.2, -0.15) is 0 Å². The summed E-state index contributed by atoms with van der Waals surface area (Å²) < 4.78 is 0. The molecule has 0 aromatic rings. The Balaban J connectivity index is 2.17. The molecular weight excluding hydrogens is 184 g/mol. The van der Waals surface area contributed by atoms with Gasteiger partial charge in [0.05, 0.1) is 6.10 Å². The summed E-state index contributed by atoms with van der Waals surface area (Å²) >= 11 is 0. The fourth-order valence-corrected chi connectivity index (χ4v) is 4.41. The second-order valence-electron chi connectivity index (χ2n) is 6.14. The van der Waals surface area contributed by atoms with Gasteiger partial charge in [-0.3, -0.25) is 0 Å². The Hall–Kier alpha value is -0.0400. The standard InChI is InChI=1S/C14H26O/c1-4-10(2)11-7-8-12-13(15)6-5-9-14(11,12)3/h10-13,15H,4-9H2,1-3H3/t10-,11?,12?,13-,14+/m0/s1. The van der Waals surface area contributed by atoms with Crippen LogP contribution in [0.3, 0.4) is 0 Å². The van der Waals surface area contributed by atoms with Crippen LogP contribution in [0.5, 0.6) is 0 Å². The van der Waals surface area contributed by atoms with Crippen LogP contribution in [-0.2, 0) is 0 Å². The van der Waals surface area contributed by atoms with Crippen LogP contribution in [0.15, 0.2) is 0 Å². The molecule has 1 nitrogen and oxygen atoms in total. The highest BCUT2D eigenvalue weighted by Crippen LogP contribution is 2.57. The number of fused-ring (bicyclic) bond motifs is 1. The van der Waals surface area contributed by atoms with Crippen molar-refractivity contribution in [2.45, 2.75) is 65.4 Å². The van der Waals surface area contributed by atoms with Gasteiger partial charge in [-0.05, 0) is 48.9 Å². The highest BCUT2D eigenvalue weighted by molar-refractivity contribution is 5.01. The van der Waals surface area contributed by atoms with Crippen LogP contribution in [-0.4, -0.2) is 11.2 Å². The molecule has 0 aromatic heterocycles. The molecule has 1 N–H and O–H groups in total. The average Bonchev–Trinajstić information content (AvgIpc) is 2.56. The van der Waals surface area contributed by atoms with Gasteiger partial charge in [0.1, 0.15) is 0 Å². The number of rotatable bonds is 2. The Morgan fingerprint density at radius 3 is 2.73 bits per heavy atom. The van der Waals surface area contributed by atoms with Crippen LogP contribution in [0.2, 0.25) is 0 Å². The van der Waals surface area contributed by atoms with Crippen LogP contribution in [0.25, 0.3) is 0 Å². The van der Waals surface area contributed by atoms with E-state index < -0.39 is 0 Å². The second kappa shape index (κ2) is 4.08. The minimum Gasteiger partial charge on any atom is -0.393 e. The zero-order valence-electron chi connectivity index (χ0n) is 10.5. The van der Waals surface area contributed by atoms with Gasteiger partial charge in [0, 0.05) is 0 Å². The SMILES string of the molecule is CC[C@H](C)C1CCC2[C@@H](O)CCC[C@]12C. The zero-order chi connectivity index (χ0) is 11.1. The van der Waals surface area contributed by atoms with Crippen molar-refractivity contribution in [2.75, 3.05) is 0 Å². The summed E-state index contributed by atoms with van der Waals surface area (Å²) in [5.41, 5.74) is 0.451. The summed E-state index contributed by atoms with van der Waals surface area (Å²) in [5, 5.41) is 10.1. The summed E-state index contributed by atoms with van der Waals surface area (Å²) in [4.78, 5) is 0. The van der Waals surface area contributed by atoms with Crippen molar-refractivity contribution in [2.24, 2.45) is 23.2 Å². The second-order valence-corrected chi connectivity index (χ2v) is 6.14. The zero-order valence-corrected chi connectivity index (χ0v) is 10.5. The molecule has 2 aliphatic carbocycles. The van der Waals surface area contributed by atoms with E-state index in [1.165, 1.54) is 32.1 Å². The number of hydrogen-bond donors (Lipinski definition) is 1. The predicted octanol–water partition coefficient (Wildman–Crippen LogP) is 3.61. The summed E-state index contributed by atoms with van der Waals surface area (Å²) in [7, 11) is 0. The van der Waals surface area contributed by atoms with E-state index in [2.05, 4.69) is 20.8 Å². The molecule has 2 fully saturated rings. The molecule has 15 heavy (non-hydrogen) atoms. The minimum atomic E-state index is -0.00203. The first-order chi connectivity index (χ1) is 7.09. The van der Waals surface area contributed by atoms with Gasteiger partial charge in [-0.1, -0.05) is 33.6 Å². The summed E-state index contributed by atoms with van der Waals surface area (Å²) in [6.45, 7) is 7.16. The minimum absolute atomic E-state index is 0.00203. The van der Waals surface area contributed by atoms with E-state index in [0.717, 1.165) is 18.3 Å². The van der Waals surface area contributed by atoms with Crippen LogP contribution >= 0.6 is 0 Å². The molecule has 1 heteroatoms. The maximum Gasteiger partial charge on any atom is 0.0573 e. The van der Waals surface area contributed by atoms with Gasteiger partial charge < -0.3 is 5.11 Å². The van der Waals surface area contributed by atoms with Crippen LogP contribution in [0, 0.1) is 23.2 Å². The third-order valence-electron chi connectivity index (χ3n) is 5.49. The Bertz CT molecular complexity index is 225. The molecule has 0 bridgehead atoms. The molecule has 0 saturated heterocycles. The molecule has 2 unspecified atom stereocenters. The van der Waals surface area contributed by atoms with E-state index >= 15 is 0 Å². The number of hydrogen-bond acceptors (Lipinski definition) is 1. The average molecular weight is 210 g/mol. The highest BCUT2D eigenvalue weighted by Gasteiger charge is 2.51. The van der Waals surface area contributed by atoms with Gasteiger partial charge in [-0.25, -0.2) is 0 Å². The molecule has 0 aliphatic heterocycles. The smallest absolute Gasteiger partial charge is 0.0573 e. The van der Waals surface area contributed by atoms with Gasteiger partial charge in [-0.15, -0.1) is 0 Å². The fraction of sp³-hybridized carbons (Fsp3) is 1.00. The molecule has 0 spiro atoms. The Morgan fingerprint density at radius 2 is 2.07 bits per heavy atom. The van der Waals surface area contributed by atoms with Crippen molar-refractivity contribution < 1.29 is 5.11 Å². The van der Waals surface area contributed by atoms with Gasteiger partial charge in [0.15, 0.2) is 0 Å². The lowest BCUT2D eigenvalue weighted by molar-refractivity contribution is -0.0272. The Labute approximate surface area is 94.3 Å². The third-order valence-corrected chi connectivity index (χ3v) is 5.49. The van der Waals surface area contributed by atoms with Crippen molar-refractivity contribution in [1.29, 1.82) is 0 Å². The Kier molecular flexibility index (Phi) is 3.12. The van der Waals surface area contributed by atoms with Gasteiger partial charge >= 0.3 is 0 Å². The van der Waals surface area contributed by atoms with Crippen LogP contribution in [0.1, 0.15) is 59.3 Å². The quantitative estimate of drug-likeness (QED) is 0.738. The van der Waals surface area contributed by atoms with Crippen molar-refractivity contribution in [1.82, 2.24) is 0 Å². The molecule has 5 atom stereocenters. The monoisotopic (exact) mass is 210 g/mol. The fourth-order valence-electron chi connectivity index (χ4n) is 4.41. The van der Waals surface area contributed by atoms with E-state index in [4.69, 9.17) is 0 Å². The third kappa shape index (κ3) is 1.73. The molecule has 2 rings (SSSR count). The first kappa shape index (κ1) is 11.4. The summed E-state index contributed by atoms with van der Waals surface area (Å²) in [6, 6.07) is 0. The maximum absolute atomic E-state index is 10.1. The van der Waals surface area contributed by atoms with Crippen molar-refractivity contribution >= 4 is 0 Å². The summed E-state index contributed by atoms with van der Waals surface area (Å²) in [5.74, 6) is 2.30. The lowest BCUT2D eigenvalue weighted by atomic mass is 9.61. The molecule has 88 valence electrons. The molecule has 0 radical (unpaired) electrons. The van der Waals surface area contributed by atoms with Crippen LogP contribution < -0.4 is 0 Å². The number of aliphatic hydroxyl groups is 1. The predicted molar refractivity (Wildman–Crippen MR) is 63.6 cm³/mol. The van der Waals surface area contributed by atoms with Crippen LogP contribution in [0.4, 0.5) is 0 Å². The molecule has 2 saturated carbocycles. The molecule has 0 aromatic carbocycles. The van der Waals surface area contributed by atoms with Crippen molar-refractivity contribution in [3.05, 3.63) is 0 Å². The largest absolute Gasteiger partial charge is 0.393 e. The van der Waals surface area contributed by atoms with E-state index in [1.807, 2.05) is 0 Å². The first-order valence-corrected chi connectivity index (χ1v) is 6.77. The maximum atomic E-state index is 10.1. The lowest BCUT2D eigenvalue weighted by Gasteiger charge is -2.45. The Morgan fingerprint density at radius 1 is 1.33 bits per heavy atom. The van der Waals surface area contributed by atoms with E-state index in [9.17, 15) is 5.11 Å². The molecule has 2 aliphatic rings.